The minimum atomic E-state index is -4.37. The van der Waals surface area contributed by atoms with Gasteiger partial charge in [0.05, 0.1) is 17.3 Å². The van der Waals surface area contributed by atoms with E-state index >= 15 is 0 Å². The molecule has 1 aliphatic rings. The summed E-state index contributed by atoms with van der Waals surface area (Å²) in [5.41, 5.74) is -0.177. The molecule has 0 saturated carbocycles. The molecular weight excluding hydrogens is 405 g/mol. The van der Waals surface area contributed by atoms with Crippen LogP contribution in [0.25, 0.3) is 0 Å². The van der Waals surface area contributed by atoms with Crippen molar-refractivity contribution >= 4 is 11.6 Å². The molecule has 1 heterocycles. The lowest BCUT2D eigenvalue weighted by atomic mass is 10.1. The van der Waals surface area contributed by atoms with E-state index in [0.717, 1.165) is 18.2 Å². The minimum Gasteiger partial charge on any atom is -0.322 e. The van der Waals surface area contributed by atoms with Gasteiger partial charge in [0.25, 0.3) is 0 Å². The van der Waals surface area contributed by atoms with Crippen molar-refractivity contribution in [2.24, 2.45) is 0 Å². The lowest BCUT2D eigenvalue weighted by molar-refractivity contribution is -0.137. The van der Waals surface area contributed by atoms with Crippen molar-refractivity contribution in [1.29, 1.82) is 0 Å². The number of piperazine rings is 1. The molecule has 30 heavy (non-hydrogen) atoms. The van der Waals surface area contributed by atoms with Crippen molar-refractivity contribution in [3.63, 3.8) is 0 Å². The fourth-order valence-corrected chi connectivity index (χ4v) is 3.41. The van der Waals surface area contributed by atoms with Crippen LogP contribution in [0.5, 0.6) is 0 Å². The van der Waals surface area contributed by atoms with E-state index in [1.54, 1.807) is 13.0 Å². The maximum atomic E-state index is 13.7. The number of carbonyl (C=O) groups is 1. The number of carbonyl (C=O) groups excluding carboxylic acids is 1. The number of rotatable bonds is 5. The molecule has 0 radical (unpaired) electrons. The van der Waals surface area contributed by atoms with Gasteiger partial charge in [-0.25, -0.2) is 8.78 Å². The molecule has 1 fully saturated rings. The summed E-state index contributed by atoms with van der Waals surface area (Å²) in [7, 11) is 0. The predicted octanol–water partition coefficient (Wildman–Crippen LogP) is 4.13. The Morgan fingerprint density at radius 2 is 1.77 bits per heavy atom. The molecule has 9 heteroatoms. The summed E-state index contributed by atoms with van der Waals surface area (Å²) in [6.45, 7) is 4.33. The second-order valence-corrected chi connectivity index (χ2v) is 7.30. The molecule has 1 unspecified atom stereocenters. The highest BCUT2D eigenvalue weighted by Gasteiger charge is 2.31. The number of hydrogen-bond acceptors (Lipinski definition) is 3. The zero-order valence-electron chi connectivity index (χ0n) is 16.3. The number of nitrogens with zero attached hydrogens (tertiary/aromatic N) is 2. The highest BCUT2D eigenvalue weighted by Crippen LogP contribution is 2.29. The van der Waals surface area contributed by atoms with E-state index in [4.69, 9.17) is 0 Å². The van der Waals surface area contributed by atoms with E-state index in [9.17, 15) is 26.7 Å². The largest absolute Gasteiger partial charge is 0.416 e. The second kappa shape index (κ2) is 9.09. The van der Waals surface area contributed by atoms with Crippen LogP contribution in [0.1, 0.15) is 18.1 Å². The van der Waals surface area contributed by atoms with Gasteiger partial charge in [0.2, 0.25) is 5.91 Å². The lowest BCUT2D eigenvalue weighted by Gasteiger charge is -2.37. The average Bonchev–Trinajstić information content (AvgIpc) is 2.69. The summed E-state index contributed by atoms with van der Waals surface area (Å²) in [4.78, 5) is 16.4. The molecule has 3 rings (SSSR count). The van der Waals surface area contributed by atoms with Crippen LogP contribution >= 0.6 is 0 Å². The van der Waals surface area contributed by atoms with Gasteiger partial charge in [-0.1, -0.05) is 18.2 Å². The fourth-order valence-electron chi connectivity index (χ4n) is 3.41. The predicted molar refractivity (Wildman–Crippen MR) is 103 cm³/mol. The standard InChI is InChI=1S/C21H22F5N3O/c1-14(20(30)27-19-6-5-17(22)12-18(19)23)29-9-7-28(8-10-29)13-15-3-2-4-16(11-15)21(24,25)26/h2-6,11-12,14H,7-10,13H2,1H3,(H,27,30). The summed E-state index contributed by atoms with van der Waals surface area (Å²) in [5.74, 6) is -1.98. The van der Waals surface area contributed by atoms with E-state index in [1.165, 1.54) is 12.1 Å². The Hall–Kier alpha value is -2.52. The summed E-state index contributed by atoms with van der Waals surface area (Å²) in [5, 5.41) is 2.46. The molecule has 0 aromatic heterocycles. The molecule has 162 valence electrons. The van der Waals surface area contributed by atoms with Crippen molar-refractivity contribution in [1.82, 2.24) is 9.80 Å². The highest BCUT2D eigenvalue weighted by molar-refractivity contribution is 5.94. The van der Waals surface area contributed by atoms with Gasteiger partial charge in [-0.3, -0.25) is 14.6 Å². The van der Waals surface area contributed by atoms with Crippen LogP contribution in [0.3, 0.4) is 0 Å². The molecule has 1 atom stereocenters. The van der Waals surface area contributed by atoms with Gasteiger partial charge in [0.1, 0.15) is 11.6 Å². The average molecular weight is 427 g/mol. The normalized spacial score (nSPS) is 17.0. The van der Waals surface area contributed by atoms with Crippen LogP contribution in [0, 0.1) is 11.6 Å². The van der Waals surface area contributed by atoms with E-state index in [1.807, 2.05) is 9.80 Å². The number of amides is 1. The first-order valence-corrected chi connectivity index (χ1v) is 9.52. The monoisotopic (exact) mass is 427 g/mol. The Morgan fingerprint density at radius 1 is 1.07 bits per heavy atom. The first kappa shape index (κ1) is 22.2. The minimum absolute atomic E-state index is 0.0866. The molecule has 1 N–H and O–H groups in total. The zero-order chi connectivity index (χ0) is 21.9. The van der Waals surface area contributed by atoms with E-state index in [2.05, 4.69) is 5.32 Å². The first-order chi connectivity index (χ1) is 14.1. The topological polar surface area (TPSA) is 35.6 Å². The van der Waals surface area contributed by atoms with Gasteiger partial charge in [-0.05, 0) is 30.7 Å². The van der Waals surface area contributed by atoms with E-state index in [-0.39, 0.29) is 5.69 Å². The maximum Gasteiger partial charge on any atom is 0.416 e. The van der Waals surface area contributed by atoms with Crippen molar-refractivity contribution in [3.05, 3.63) is 65.2 Å². The Morgan fingerprint density at radius 3 is 2.40 bits per heavy atom. The third-order valence-corrected chi connectivity index (χ3v) is 5.18. The SMILES string of the molecule is CC(C(=O)Nc1ccc(F)cc1F)N1CCN(Cc2cccc(C(F)(F)F)c2)CC1. The Kier molecular flexibility index (Phi) is 6.72. The quantitative estimate of drug-likeness (QED) is 0.729. The number of alkyl halides is 3. The highest BCUT2D eigenvalue weighted by atomic mass is 19.4. The van der Waals surface area contributed by atoms with Crippen LogP contribution in [-0.4, -0.2) is 47.9 Å². The Labute approximate surface area is 171 Å². The van der Waals surface area contributed by atoms with Crippen molar-refractivity contribution < 1.29 is 26.7 Å². The molecule has 4 nitrogen and oxygen atoms in total. The van der Waals surface area contributed by atoms with Crippen LogP contribution < -0.4 is 5.32 Å². The smallest absolute Gasteiger partial charge is 0.322 e. The van der Waals surface area contributed by atoms with Gasteiger partial charge in [-0.2, -0.15) is 13.2 Å². The van der Waals surface area contributed by atoms with Crippen molar-refractivity contribution in [2.75, 3.05) is 31.5 Å². The molecule has 0 bridgehead atoms. The van der Waals surface area contributed by atoms with Crippen LogP contribution in [0.2, 0.25) is 0 Å². The van der Waals surface area contributed by atoms with Gasteiger partial charge >= 0.3 is 6.18 Å². The summed E-state index contributed by atoms with van der Waals surface area (Å²) >= 11 is 0. The van der Waals surface area contributed by atoms with Gasteiger partial charge in [-0.15, -0.1) is 0 Å². The van der Waals surface area contributed by atoms with Crippen LogP contribution in [-0.2, 0) is 17.5 Å². The number of nitrogens with one attached hydrogen (secondary N) is 1. The van der Waals surface area contributed by atoms with Gasteiger partial charge in [0, 0.05) is 38.8 Å². The molecule has 1 saturated heterocycles. The lowest BCUT2D eigenvalue weighted by Crippen LogP contribution is -2.52. The van der Waals surface area contributed by atoms with Gasteiger partial charge in [0.15, 0.2) is 0 Å². The summed E-state index contributed by atoms with van der Waals surface area (Å²) < 4.78 is 65.3. The Balaban J connectivity index is 1.53. The fraction of sp³-hybridized carbons (Fsp3) is 0.381. The number of anilines is 1. The van der Waals surface area contributed by atoms with Crippen molar-refractivity contribution in [2.45, 2.75) is 25.7 Å². The molecule has 2 aromatic rings. The third kappa shape index (κ3) is 5.54. The van der Waals surface area contributed by atoms with E-state index < -0.39 is 35.3 Å². The third-order valence-electron chi connectivity index (χ3n) is 5.18. The molecule has 0 spiro atoms. The number of benzene rings is 2. The number of hydrogen-bond donors (Lipinski definition) is 1. The van der Waals surface area contributed by atoms with Crippen molar-refractivity contribution in [3.8, 4) is 0 Å². The molecule has 1 aliphatic heterocycles. The Bertz CT molecular complexity index is 894. The molecule has 0 aliphatic carbocycles. The maximum absolute atomic E-state index is 13.7. The van der Waals surface area contributed by atoms with Crippen LogP contribution in [0.15, 0.2) is 42.5 Å². The molecule has 1 amide bonds. The summed E-state index contributed by atoms with van der Waals surface area (Å²) in [6.07, 6.45) is -4.37. The molecule has 2 aromatic carbocycles. The van der Waals surface area contributed by atoms with Crippen LogP contribution in [0.4, 0.5) is 27.6 Å². The first-order valence-electron chi connectivity index (χ1n) is 9.52. The zero-order valence-corrected chi connectivity index (χ0v) is 16.3. The molecular formula is C21H22F5N3O. The van der Waals surface area contributed by atoms with E-state index in [0.29, 0.717) is 44.4 Å². The number of halogens is 5. The summed E-state index contributed by atoms with van der Waals surface area (Å²) in [6, 6.07) is 7.66. The van der Waals surface area contributed by atoms with Gasteiger partial charge < -0.3 is 5.32 Å². The second-order valence-electron chi connectivity index (χ2n) is 7.30.